The summed E-state index contributed by atoms with van der Waals surface area (Å²) < 4.78 is 1.70. The largest absolute Gasteiger partial charge is 0.274 e. The van der Waals surface area contributed by atoms with Gasteiger partial charge in [-0.25, -0.2) is 0 Å². The van der Waals surface area contributed by atoms with E-state index in [9.17, 15) is 4.79 Å². The summed E-state index contributed by atoms with van der Waals surface area (Å²) in [5, 5.41) is 0. The minimum Gasteiger partial charge on any atom is -0.274 e. The molecule has 110 valence electrons. The van der Waals surface area contributed by atoms with Gasteiger partial charge in [0.25, 0.3) is 0 Å². The number of nitrogens with zero attached hydrogens (tertiary/aromatic N) is 2. The average Bonchev–Trinajstić information content (AvgIpc) is 2.52. The van der Waals surface area contributed by atoms with Gasteiger partial charge >= 0.3 is 0 Å². The number of unbranched alkanes of at least 4 members (excludes halogenated alkanes) is 2. The van der Waals surface area contributed by atoms with Crippen molar-refractivity contribution in [2.75, 3.05) is 6.54 Å². The summed E-state index contributed by atoms with van der Waals surface area (Å²) in [7, 11) is 0. The highest BCUT2D eigenvalue weighted by Gasteiger charge is 2.07. The minimum atomic E-state index is -0.0105. The quantitative estimate of drug-likeness (QED) is 0.766. The second-order valence-corrected chi connectivity index (χ2v) is 5.08. The highest BCUT2D eigenvalue weighted by Crippen LogP contribution is 2.16. The fourth-order valence-electron chi connectivity index (χ4n) is 2.34. The average molecular weight is 282 g/mol. The summed E-state index contributed by atoms with van der Waals surface area (Å²) in [6.45, 7) is 4.52. The van der Waals surface area contributed by atoms with Gasteiger partial charge in [-0.05, 0) is 24.1 Å². The van der Waals surface area contributed by atoms with Crippen molar-refractivity contribution in [3.63, 3.8) is 0 Å². The van der Waals surface area contributed by atoms with Crippen LogP contribution in [0.15, 0.2) is 53.5 Å². The first kappa shape index (κ1) is 15.2. The predicted octanol–water partition coefficient (Wildman–Crippen LogP) is 3.91. The van der Waals surface area contributed by atoms with Crippen LogP contribution in [0.3, 0.4) is 0 Å². The third kappa shape index (κ3) is 3.91. The van der Waals surface area contributed by atoms with Crippen LogP contribution >= 0.6 is 0 Å². The van der Waals surface area contributed by atoms with Crippen LogP contribution in [0, 0.1) is 0 Å². The molecule has 2 aromatic rings. The molecule has 3 heteroatoms. The molecule has 0 bridgehead atoms. The van der Waals surface area contributed by atoms with Crippen LogP contribution in [0.4, 0.5) is 0 Å². The maximum absolute atomic E-state index is 12.1. The lowest BCUT2D eigenvalue weighted by Crippen LogP contribution is -2.27. The Labute approximate surface area is 126 Å². The van der Waals surface area contributed by atoms with Crippen molar-refractivity contribution in [3.05, 3.63) is 54.0 Å². The van der Waals surface area contributed by atoms with Gasteiger partial charge in [-0.3, -0.25) is 14.4 Å². The summed E-state index contributed by atoms with van der Waals surface area (Å²) in [5.41, 5.74) is 2.65. The van der Waals surface area contributed by atoms with Gasteiger partial charge in [0.05, 0.1) is 5.69 Å². The lowest BCUT2D eigenvalue weighted by atomic mass is 10.1. The number of hydrogen-bond donors (Lipinski definition) is 0. The molecule has 1 aromatic heterocycles. The van der Waals surface area contributed by atoms with Gasteiger partial charge in [-0.1, -0.05) is 56.2 Å². The van der Waals surface area contributed by atoms with Crippen LogP contribution in [-0.4, -0.2) is 17.0 Å². The monoisotopic (exact) mass is 282 g/mol. The van der Waals surface area contributed by atoms with Crippen LogP contribution in [0.2, 0.25) is 0 Å². The van der Waals surface area contributed by atoms with Crippen molar-refractivity contribution in [2.24, 2.45) is 4.99 Å². The van der Waals surface area contributed by atoms with E-state index in [2.05, 4.69) is 11.9 Å². The molecule has 0 atom stereocenters. The van der Waals surface area contributed by atoms with Crippen LogP contribution in [0.1, 0.15) is 37.9 Å². The molecule has 1 aromatic carbocycles. The summed E-state index contributed by atoms with van der Waals surface area (Å²) in [5.74, 6) is -0.0105. The Morgan fingerprint density at radius 3 is 2.48 bits per heavy atom. The molecular formula is C18H22N2O. The van der Waals surface area contributed by atoms with Gasteiger partial charge in [0.2, 0.25) is 5.91 Å². The predicted molar refractivity (Wildman–Crippen MR) is 86.1 cm³/mol. The first-order valence-electron chi connectivity index (χ1n) is 7.53. The van der Waals surface area contributed by atoms with Gasteiger partial charge in [-0.2, -0.15) is 0 Å². The summed E-state index contributed by atoms with van der Waals surface area (Å²) in [6.07, 6.45) is 3.40. The van der Waals surface area contributed by atoms with Crippen LogP contribution < -0.4 is 5.49 Å². The van der Waals surface area contributed by atoms with Gasteiger partial charge in [0, 0.05) is 13.5 Å². The normalized spacial score (nSPS) is 11.6. The minimum absolute atomic E-state index is 0.0105. The van der Waals surface area contributed by atoms with Crippen LogP contribution in [-0.2, 0) is 0 Å². The van der Waals surface area contributed by atoms with E-state index < -0.39 is 0 Å². The molecule has 0 aliphatic heterocycles. The van der Waals surface area contributed by atoms with Gasteiger partial charge < -0.3 is 0 Å². The fraction of sp³-hybridized carbons (Fsp3) is 0.333. The van der Waals surface area contributed by atoms with Crippen molar-refractivity contribution in [2.45, 2.75) is 33.1 Å². The standard InChI is InChI=1S/C18H22N2O/c1-3-4-8-14-19-18-13-9-12-17(20(18)15(2)21)16-10-6-5-7-11-16/h5-7,9-13H,3-4,8,14H2,1-2H3. The summed E-state index contributed by atoms with van der Waals surface area (Å²) >= 11 is 0. The molecule has 2 rings (SSSR count). The summed E-state index contributed by atoms with van der Waals surface area (Å²) in [6, 6.07) is 15.8. The smallest absolute Gasteiger partial charge is 0.229 e. The number of benzene rings is 1. The number of aromatic nitrogens is 1. The topological polar surface area (TPSA) is 34.4 Å². The lowest BCUT2D eigenvalue weighted by Gasteiger charge is -2.11. The molecule has 21 heavy (non-hydrogen) atoms. The molecule has 3 nitrogen and oxygen atoms in total. The van der Waals surface area contributed by atoms with Gasteiger partial charge in [0.1, 0.15) is 5.49 Å². The molecule has 0 spiro atoms. The zero-order valence-electron chi connectivity index (χ0n) is 12.7. The molecule has 0 aliphatic rings. The molecular weight excluding hydrogens is 260 g/mol. The van der Waals surface area contributed by atoms with E-state index in [-0.39, 0.29) is 5.91 Å². The maximum Gasteiger partial charge on any atom is 0.229 e. The second kappa shape index (κ2) is 7.58. The van der Waals surface area contributed by atoms with Crippen molar-refractivity contribution in [1.82, 2.24) is 4.57 Å². The Morgan fingerprint density at radius 1 is 1.05 bits per heavy atom. The zero-order valence-corrected chi connectivity index (χ0v) is 12.7. The fourth-order valence-corrected chi connectivity index (χ4v) is 2.34. The van der Waals surface area contributed by atoms with E-state index in [1.165, 1.54) is 12.8 Å². The molecule has 0 saturated heterocycles. The van der Waals surface area contributed by atoms with E-state index in [0.717, 1.165) is 29.7 Å². The van der Waals surface area contributed by atoms with E-state index in [1.807, 2.05) is 48.5 Å². The van der Waals surface area contributed by atoms with E-state index in [4.69, 9.17) is 0 Å². The van der Waals surface area contributed by atoms with Gasteiger partial charge in [-0.15, -0.1) is 0 Å². The third-order valence-electron chi connectivity index (χ3n) is 3.39. The Bertz CT molecular complexity index is 656. The molecule has 0 fully saturated rings. The van der Waals surface area contributed by atoms with Gasteiger partial charge in [0.15, 0.2) is 0 Å². The van der Waals surface area contributed by atoms with Crippen LogP contribution in [0.25, 0.3) is 11.3 Å². The SMILES string of the molecule is CCCCCN=c1cccc(-c2ccccc2)n1C(C)=O. The van der Waals surface area contributed by atoms with E-state index in [1.54, 1.807) is 11.5 Å². The molecule has 0 amide bonds. The third-order valence-corrected chi connectivity index (χ3v) is 3.39. The van der Waals surface area contributed by atoms with Crippen molar-refractivity contribution >= 4 is 5.91 Å². The number of hydrogen-bond acceptors (Lipinski definition) is 2. The Morgan fingerprint density at radius 2 is 1.81 bits per heavy atom. The number of pyridine rings is 1. The Balaban J connectivity index is 2.45. The molecule has 0 unspecified atom stereocenters. The maximum atomic E-state index is 12.1. The van der Waals surface area contributed by atoms with Crippen LogP contribution in [0.5, 0.6) is 0 Å². The molecule has 0 N–H and O–H groups in total. The Kier molecular flexibility index (Phi) is 5.50. The highest BCUT2D eigenvalue weighted by atomic mass is 16.1. The Hall–Kier alpha value is -2.16. The number of rotatable bonds is 5. The van der Waals surface area contributed by atoms with Crippen molar-refractivity contribution < 1.29 is 4.79 Å². The number of carbonyl (C=O) groups excluding carboxylic acids is 1. The number of carbonyl (C=O) groups is 1. The first-order valence-corrected chi connectivity index (χ1v) is 7.53. The molecule has 0 saturated carbocycles. The highest BCUT2D eigenvalue weighted by molar-refractivity contribution is 5.81. The van der Waals surface area contributed by atoms with E-state index in [0.29, 0.717) is 0 Å². The molecule has 0 radical (unpaired) electrons. The first-order chi connectivity index (χ1) is 10.2. The zero-order chi connectivity index (χ0) is 15.1. The second-order valence-electron chi connectivity index (χ2n) is 5.08. The molecule has 0 aliphatic carbocycles. The molecule has 1 heterocycles. The summed E-state index contributed by atoms with van der Waals surface area (Å²) in [4.78, 5) is 16.6. The van der Waals surface area contributed by atoms with E-state index >= 15 is 0 Å². The van der Waals surface area contributed by atoms with Crippen molar-refractivity contribution in [1.29, 1.82) is 0 Å². The lowest BCUT2D eigenvalue weighted by molar-refractivity contribution is 0.0933. The van der Waals surface area contributed by atoms with Crippen molar-refractivity contribution in [3.8, 4) is 11.3 Å².